The number of aliphatic hydroxyl groups excluding tert-OH is 1. The van der Waals surface area contributed by atoms with Crippen LogP contribution in [0.3, 0.4) is 0 Å². The van der Waals surface area contributed by atoms with Gasteiger partial charge >= 0.3 is 0 Å². The summed E-state index contributed by atoms with van der Waals surface area (Å²) in [5.74, 6) is -0.604. The molecule has 166 valence electrons. The van der Waals surface area contributed by atoms with Crippen molar-refractivity contribution in [1.82, 2.24) is 9.80 Å². The largest absolute Gasteiger partial charge is 0.507 e. The molecule has 1 atom stereocenters. The number of hydrogen-bond acceptors (Lipinski definition) is 6. The summed E-state index contributed by atoms with van der Waals surface area (Å²) in [5, 5.41) is 13.0. The lowest BCUT2D eigenvalue weighted by molar-refractivity contribution is -0.140. The molecule has 1 amide bonds. The molecule has 3 rings (SSSR count). The van der Waals surface area contributed by atoms with Crippen LogP contribution in [0, 0.1) is 6.92 Å². The minimum Gasteiger partial charge on any atom is -0.507 e. The molecule has 2 aromatic rings. The van der Waals surface area contributed by atoms with Crippen molar-refractivity contribution in [2.45, 2.75) is 32.7 Å². The Morgan fingerprint density at radius 2 is 2.03 bits per heavy atom. The van der Waals surface area contributed by atoms with Crippen LogP contribution in [-0.2, 0) is 9.59 Å². The summed E-state index contributed by atoms with van der Waals surface area (Å²) in [6, 6.07) is 8.55. The van der Waals surface area contributed by atoms with E-state index in [2.05, 4.69) is 6.92 Å². The van der Waals surface area contributed by atoms with Crippen LogP contribution in [0.5, 0.6) is 5.75 Å². The van der Waals surface area contributed by atoms with Gasteiger partial charge in [0, 0.05) is 23.5 Å². The van der Waals surface area contributed by atoms with Crippen molar-refractivity contribution < 1.29 is 19.4 Å². The first-order valence-corrected chi connectivity index (χ1v) is 11.4. The van der Waals surface area contributed by atoms with E-state index in [1.807, 2.05) is 49.5 Å². The molecule has 0 spiro atoms. The third-order valence-electron chi connectivity index (χ3n) is 5.34. The smallest absolute Gasteiger partial charge is 0.295 e. The van der Waals surface area contributed by atoms with E-state index in [0.29, 0.717) is 25.3 Å². The van der Waals surface area contributed by atoms with Crippen LogP contribution in [0.15, 0.2) is 41.3 Å². The van der Waals surface area contributed by atoms with Crippen LogP contribution in [0.2, 0.25) is 0 Å². The first-order chi connectivity index (χ1) is 14.8. The lowest BCUT2D eigenvalue weighted by Crippen LogP contribution is -2.35. The molecule has 2 heterocycles. The maximum atomic E-state index is 13.0. The van der Waals surface area contributed by atoms with Crippen LogP contribution >= 0.6 is 11.3 Å². The van der Waals surface area contributed by atoms with Gasteiger partial charge in [-0.15, -0.1) is 11.3 Å². The molecule has 0 bridgehead atoms. The van der Waals surface area contributed by atoms with Crippen molar-refractivity contribution in [2.75, 3.05) is 33.8 Å². The van der Waals surface area contributed by atoms with Crippen molar-refractivity contribution in [1.29, 1.82) is 0 Å². The van der Waals surface area contributed by atoms with E-state index >= 15 is 0 Å². The summed E-state index contributed by atoms with van der Waals surface area (Å²) in [4.78, 5) is 30.2. The van der Waals surface area contributed by atoms with Crippen molar-refractivity contribution in [3.63, 3.8) is 0 Å². The number of carbonyl (C=O) groups is 2. The number of likely N-dealkylation sites (tertiary alicyclic amines) is 1. The van der Waals surface area contributed by atoms with E-state index in [-0.39, 0.29) is 11.3 Å². The fraction of sp³-hybridized carbons (Fsp3) is 0.417. The average Bonchev–Trinajstić information content (AvgIpc) is 3.34. The molecule has 0 saturated carbocycles. The summed E-state index contributed by atoms with van der Waals surface area (Å²) >= 11 is 1.47. The zero-order valence-corrected chi connectivity index (χ0v) is 19.4. The van der Waals surface area contributed by atoms with E-state index in [9.17, 15) is 14.7 Å². The number of Topliss-reactive ketones (excluding diaryl/α,β-unsaturated/α-hetero) is 1. The molecule has 1 aromatic heterocycles. The summed E-state index contributed by atoms with van der Waals surface area (Å²) in [5.41, 5.74) is 1.52. The molecule has 1 saturated heterocycles. The van der Waals surface area contributed by atoms with E-state index < -0.39 is 17.7 Å². The summed E-state index contributed by atoms with van der Waals surface area (Å²) in [7, 11) is 3.84. The molecule has 7 heteroatoms. The molecular weight excluding hydrogens is 412 g/mol. The van der Waals surface area contributed by atoms with Crippen LogP contribution < -0.4 is 4.74 Å². The Bertz CT molecular complexity index is 966. The number of aliphatic hydroxyl groups is 1. The molecule has 1 fully saturated rings. The molecule has 1 aliphatic heterocycles. The minimum absolute atomic E-state index is 0.144. The number of nitrogens with zero attached hydrogens (tertiary/aromatic N) is 2. The number of unbranched alkanes of at least 4 members (excludes halogenated alkanes) is 1. The summed E-state index contributed by atoms with van der Waals surface area (Å²) in [6.45, 7) is 5.68. The molecule has 1 N–H and O–H groups in total. The SMILES string of the molecule is CCCCOc1ccc(C(O)=C2C(=O)C(=O)N(CCN(C)C)[C@H]2c2cccs2)cc1C. The Morgan fingerprint density at radius 1 is 1.26 bits per heavy atom. The van der Waals surface area contributed by atoms with Crippen molar-refractivity contribution in [2.24, 2.45) is 0 Å². The number of ketones is 1. The van der Waals surface area contributed by atoms with Gasteiger partial charge in [-0.05, 0) is 62.6 Å². The number of hydrogen-bond donors (Lipinski definition) is 1. The number of likely N-dealkylation sites (N-methyl/N-ethyl adjacent to an activating group) is 1. The number of aryl methyl sites for hydroxylation is 1. The molecule has 31 heavy (non-hydrogen) atoms. The van der Waals surface area contributed by atoms with Crippen LogP contribution in [0.4, 0.5) is 0 Å². The lowest BCUT2D eigenvalue weighted by Gasteiger charge is -2.25. The molecular formula is C24H30N2O4S. The normalized spacial score (nSPS) is 18.2. The van der Waals surface area contributed by atoms with Gasteiger partial charge < -0.3 is 19.6 Å². The molecule has 0 unspecified atom stereocenters. The number of rotatable bonds is 9. The van der Waals surface area contributed by atoms with E-state index in [4.69, 9.17) is 4.74 Å². The van der Waals surface area contributed by atoms with Gasteiger partial charge in [-0.25, -0.2) is 0 Å². The molecule has 1 aromatic carbocycles. The summed E-state index contributed by atoms with van der Waals surface area (Å²) < 4.78 is 5.80. The minimum atomic E-state index is -0.643. The first kappa shape index (κ1) is 23.0. The van der Waals surface area contributed by atoms with E-state index in [1.54, 1.807) is 17.0 Å². The number of ether oxygens (including phenoxy) is 1. The standard InChI is InChI=1S/C24H30N2O4S/c1-5-6-13-30-18-10-9-17(15-16(18)2)22(27)20-21(19-8-7-14-31-19)26(12-11-25(3)4)24(29)23(20)28/h7-10,14-15,21,27H,5-6,11-13H2,1-4H3/t21-/m0/s1. The van der Waals surface area contributed by atoms with Gasteiger partial charge in [-0.2, -0.15) is 0 Å². The Kier molecular flexibility index (Phi) is 7.51. The zero-order valence-electron chi connectivity index (χ0n) is 18.6. The van der Waals surface area contributed by atoms with Gasteiger partial charge in [0.1, 0.15) is 11.5 Å². The van der Waals surface area contributed by atoms with Gasteiger partial charge in [0.15, 0.2) is 0 Å². The highest BCUT2D eigenvalue weighted by molar-refractivity contribution is 7.10. The maximum absolute atomic E-state index is 13.0. The van der Waals surface area contributed by atoms with Crippen LogP contribution in [-0.4, -0.2) is 60.4 Å². The topological polar surface area (TPSA) is 70.1 Å². The van der Waals surface area contributed by atoms with E-state index in [1.165, 1.54) is 11.3 Å². The Balaban J connectivity index is 2.00. The second-order valence-corrected chi connectivity index (χ2v) is 8.97. The number of benzene rings is 1. The Hall–Kier alpha value is -2.64. The van der Waals surface area contributed by atoms with Crippen LogP contribution in [0.1, 0.15) is 41.8 Å². The molecule has 6 nitrogen and oxygen atoms in total. The third-order valence-corrected chi connectivity index (χ3v) is 6.27. The third kappa shape index (κ3) is 4.99. The fourth-order valence-corrected chi connectivity index (χ4v) is 4.45. The highest BCUT2D eigenvalue weighted by Crippen LogP contribution is 2.41. The number of thiophene rings is 1. The highest BCUT2D eigenvalue weighted by atomic mass is 32.1. The zero-order chi connectivity index (χ0) is 22.5. The number of carbonyl (C=O) groups excluding carboxylic acids is 2. The second kappa shape index (κ2) is 10.1. The van der Waals surface area contributed by atoms with Gasteiger partial charge in [-0.3, -0.25) is 9.59 Å². The second-order valence-electron chi connectivity index (χ2n) is 7.99. The van der Waals surface area contributed by atoms with Crippen molar-refractivity contribution in [3.8, 4) is 5.75 Å². The van der Waals surface area contributed by atoms with Crippen molar-refractivity contribution in [3.05, 3.63) is 57.3 Å². The fourth-order valence-electron chi connectivity index (χ4n) is 3.60. The Labute approximate surface area is 187 Å². The summed E-state index contributed by atoms with van der Waals surface area (Å²) in [6.07, 6.45) is 2.02. The quantitative estimate of drug-likeness (QED) is 0.273. The predicted molar refractivity (Wildman–Crippen MR) is 123 cm³/mol. The van der Waals surface area contributed by atoms with Gasteiger partial charge in [0.25, 0.3) is 11.7 Å². The number of amides is 1. The van der Waals surface area contributed by atoms with Gasteiger partial charge in [0.2, 0.25) is 0 Å². The molecule has 1 aliphatic rings. The monoisotopic (exact) mass is 442 g/mol. The molecule has 0 aliphatic carbocycles. The van der Waals surface area contributed by atoms with E-state index in [0.717, 1.165) is 29.0 Å². The van der Waals surface area contributed by atoms with Crippen LogP contribution in [0.25, 0.3) is 5.76 Å². The van der Waals surface area contributed by atoms with Gasteiger partial charge in [-0.1, -0.05) is 19.4 Å². The average molecular weight is 443 g/mol. The lowest BCUT2D eigenvalue weighted by atomic mass is 9.98. The maximum Gasteiger partial charge on any atom is 0.295 e. The predicted octanol–water partition coefficient (Wildman–Crippen LogP) is 4.22. The van der Waals surface area contributed by atoms with Crippen molar-refractivity contribution >= 4 is 28.8 Å². The Morgan fingerprint density at radius 3 is 2.65 bits per heavy atom. The molecule has 0 radical (unpaired) electrons. The van der Waals surface area contributed by atoms with Gasteiger partial charge in [0.05, 0.1) is 18.2 Å². The highest BCUT2D eigenvalue weighted by Gasteiger charge is 2.46. The first-order valence-electron chi connectivity index (χ1n) is 10.6.